The molecular weight excluding hydrogens is 520 g/mol. The lowest BCUT2D eigenvalue weighted by molar-refractivity contribution is -0.112. The number of H-pyrrole nitrogens is 1. The maximum atomic E-state index is 10.7. The number of fused-ring (bicyclic) bond motifs is 1. The Bertz CT molecular complexity index is 960. The number of hydrogen-bond donors (Lipinski definition) is 4. The number of ether oxygens (including phenoxy) is 1. The van der Waals surface area contributed by atoms with E-state index in [4.69, 9.17) is 15.9 Å². The summed E-state index contributed by atoms with van der Waals surface area (Å²) in [6.07, 6.45) is 6.28. The third-order valence-corrected chi connectivity index (χ3v) is 3.79. The topological polar surface area (TPSA) is 186 Å². The minimum Gasteiger partial charge on any atom is -0.477 e. The number of rotatable bonds is 4. The number of aromatic carboxylic acids is 2. The van der Waals surface area contributed by atoms with Gasteiger partial charge in [0, 0.05) is 19.5 Å². The van der Waals surface area contributed by atoms with E-state index in [-0.39, 0.29) is 24.4 Å². The minimum atomic E-state index is -1.07. The van der Waals surface area contributed by atoms with E-state index in [2.05, 4.69) is 56.9 Å². The third-order valence-electron chi connectivity index (χ3n) is 2.79. The lowest BCUT2D eigenvalue weighted by Crippen LogP contribution is -1.99. The molecule has 12 nitrogen and oxygen atoms in total. The number of aldehydes is 1. The molecular formula is C15H18Br2N6O6. The first-order valence-electron chi connectivity index (χ1n) is 7.07. The summed E-state index contributed by atoms with van der Waals surface area (Å²) in [5.74, 6) is -2.01. The van der Waals surface area contributed by atoms with Gasteiger partial charge in [-0.25, -0.2) is 19.1 Å². The maximum Gasteiger partial charge on any atom is 0.341 e. The number of aromatic nitrogens is 5. The molecule has 0 aromatic carbocycles. The van der Waals surface area contributed by atoms with Gasteiger partial charge in [-0.3, -0.25) is 9.89 Å². The molecule has 5 N–H and O–H groups in total. The van der Waals surface area contributed by atoms with Gasteiger partial charge in [0.25, 0.3) is 0 Å². The number of aromatic amines is 1. The van der Waals surface area contributed by atoms with Gasteiger partial charge in [0.15, 0.2) is 16.9 Å². The van der Waals surface area contributed by atoms with E-state index in [1.807, 2.05) is 0 Å². The molecule has 14 heteroatoms. The van der Waals surface area contributed by atoms with Crippen molar-refractivity contribution >= 4 is 61.5 Å². The van der Waals surface area contributed by atoms with E-state index >= 15 is 0 Å². The van der Waals surface area contributed by atoms with Crippen molar-refractivity contribution in [2.45, 2.75) is 12.4 Å². The van der Waals surface area contributed by atoms with E-state index in [0.717, 1.165) is 10.7 Å². The Morgan fingerprint density at radius 2 is 1.90 bits per heavy atom. The number of anilines is 1. The fourth-order valence-electron chi connectivity index (χ4n) is 1.52. The third kappa shape index (κ3) is 7.97. The summed E-state index contributed by atoms with van der Waals surface area (Å²) in [4.78, 5) is 34.3. The first kappa shape index (κ1) is 26.2. The zero-order valence-corrected chi connectivity index (χ0v) is 17.3. The van der Waals surface area contributed by atoms with Gasteiger partial charge in [-0.15, -0.1) is 0 Å². The molecule has 0 aliphatic rings. The molecule has 0 aliphatic carbocycles. The Morgan fingerprint density at radius 1 is 1.28 bits per heavy atom. The number of carboxylic acids is 2. The molecule has 0 fully saturated rings. The van der Waals surface area contributed by atoms with Crippen LogP contribution in [0.3, 0.4) is 0 Å². The predicted octanol–water partition coefficient (Wildman–Crippen LogP) is 2.07. The molecule has 3 heterocycles. The van der Waals surface area contributed by atoms with E-state index in [0.29, 0.717) is 11.9 Å². The highest BCUT2D eigenvalue weighted by molar-refractivity contribution is 9.10. The van der Waals surface area contributed by atoms with E-state index in [9.17, 15) is 14.4 Å². The van der Waals surface area contributed by atoms with Crippen LogP contribution in [0.25, 0.3) is 5.65 Å². The van der Waals surface area contributed by atoms with Crippen LogP contribution in [-0.4, -0.2) is 65.4 Å². The Hall–Kier alpha value is -2.84. The molecule has 0 amide bonds. The zero-order chi connectivity index (χ0) is 21.3. The highest BCUT2D eigenvalue weighted by atomic mass is 79.9. The number of carbonyl (C=O) groups excluding carboxylic acids is 1. The largest absolute Gasteiger partial charge is 0.477 e. The van der Waals surface area contributed by atoms with Crippen LogP contribution in [0.4, 0.5) is 5.82 Å². The summed E-state index contributed by atoms with van der Waals surface area (Å²) in [6, 6.07) is 0. The van der Waals surface area contributed by atoms with Gasteiger partial charge in [0.05, 0.1) is 16.9 Å². The molecule has 3 rings (SSSR count). The van der Waals surface area contributed by atoms with Crippen LogP contribution >= 0.6 is 31.9 Å². The lowest BCUT2D eigenvalue weighted by Gasteiger charge is -1.93. The Labute approximate surface area is 181 Å². The van der Waals surface area contributed by atoms with Crippen molar-refractivity contribution in [3.63, 3.8) is 0 Å². The highest BCUT2D eigenvalue weighted by Gasteiger charge is 2.11. The van der Waals surface area contributed by atoms with Gasteiger partial charge in [-0.05, 0) is 31.9 Å². The smallest absolute Gasteiger partial charge is 0.341 e. The number of methoxy groups -OCH3 is 1. The Kier molecular flexibility index (Phi) is 11.4. The van der Waals surface area contributed by atoms with Gasteiger partial charge >= 0.3 is 11.9 Å². The van der Waals surface area contributed by atoms with E-state index in [1.54, 1.807) is 6.20 Å². The number of alkyl halides is 1. The van der Waals surface area contributed by atoms with Crippen LogP contribution in [0.2, 0.25) is 0 Å². The number of hydrogen-bond acceptors (Lipinski definition) is 8. The zero-order valence-electron chi connectivity index (χ0n) is 14.1. The summed E-state index contributed by atoms with van der Waals surface area (Å²) < 4.78 is 6.61. The van der Waals surface area contributed by atoms with Gasteiger partial charge in [-0.2, -0.15) is 10.2 Å². The lowest BCUT2D eigenvalue weighted by atomic mass is 10.3. The van der Waals surface area contributed by atoms with E-state index < -0.39 is 17.0 Å². The number of nitrogens with zero attached hydrogens (tertiary/aromatic N) is 4. The van der Waals surface area contributed by atoms with Gasteiger partial charge < -0.3 is 20.7 Å². The molecule has 0 spiro atoms. The predicted molar refractivity (Wildman–Crippen MR) is 110 cm³/mol. The van der Waals surface area contributed by atoms with Crippen LogP contribution in [0.1, 0.15) is 28.1 Å². The number of carboxylic acid groups (broad SMARTS) is 2. The van der Waals surface area contributed by atoms with Crippen LogP contribution in [-0.2, 0) is 9.53 Å². The molecule has 0 aliphatic heterocycles. The molecule has 0 bridgehead atoms. The molecule has 3 aromatic rings. The van der Waals surface area contributed by atoms with Crippen molar-refractivity contribution in [3.05, 3.63) is 40.4 Å². The molecule has 3 aromatic heterocycles. The SMILES string of the molecule is C.COC(Br)C=O.Nc1[nH]ncc1C(=O)O.O=C(O)c1cnn2cc(Br)cnc12. The number of carbonyl (C=O) groups is 3. The first-order valence-corrected chi connectivity index (χ1v) is 8.78. The fraction of sp³-hybridized carbons (Fsp3) is 0.200. The second-order valence-corrected chi connectivity index (χ2v) is 6.45. The van der Waals surface area contributed by atoms with Crippen LogP contribution in [0.15, 0.2) is 29.3 Å². The second-order valence-electron chi connectivity index (χ2n) is 4.63. The van der Waals surface area contributed by atoms with Gasteiger partial charge in [-0.1, -0.05) is 7.43 Å². The fourth-order valence-corrected chi connectivity index (χ4v) is 1.82. The van der Waals surface area contributed by atoms with Crippen molar-refractivity contribution < 1.29 is 29.3 Å². The summed E-state index contributed by atoms with van der Waals surface area (Å²) in [6.45, 7) is 0. The molecule has 1 atom stereocenters. The first-order chi connectivity index (χ1) is 13.2. The molecule has 29 heavy (non-hydrogen) atoms. The summed E-state index contributed by atoms with van der Waals surface area (Å²) >= 11 is 6.09. The normalized spacial score (nSPS) is 10.4. The van der Waals surface area contributed by atoms with Crippen molar-refractivity contribution in [2.75, 3.05) is 12.8 Å². The highest BCUT2D eigenvalue weighted by Crippen LogP contribution is 2.11. The average molecular weight is 538 g/mol. The van der Waals surface area contributed by atoms with Gasteiger partial charge in [0.1, 0.15) is 16.9 Å². The Balaban J connectivity index is 0.000000432. The van der Waals surface area contributed by atoms with Crippen molar-refractivity contribution in [3.8, 4) is 0 Å². The quantitative estimate of drug-likeness (QED) is 0.283. The number of halogens is 2. The summed E-state index contributed by atoms with van der Waals surface area (Å²) in [7, 11) is 1.45. The molecule has 0 saturated carbocycles. The van der Waals surface area contributed by atoms with E-state index in [1.165, 1.54) is 24.0 Å². The second kappa shape index (κ2) is 12.6. The summed E-state index contributed by atoms with van der Waals surface area (Å²) in [5, 5.41) is 26.2. The van der Waals surface area contributed by atoms with Crippen LogP contribution in [0.5, 0.6) is 0 Å². The number of nitrogens with two attached hydrogens (primary N) is 1. The van der Waals surface area contributed by atoms with Crippen molar-refractivity contribution in [1.29, 1.82) is 0 Å². The van der Waals surface area contributed by atoms with Crippen LogP contribution in [0, 0.1) is 0 Å². The van der Waals surface area contributed by atoms with Gasteiger partial charge in [0.2, 0.25) is 0 Å². The van der Waals surface area contributed by atoms with Crippen molar-refractivity contribution in [2.24, 2.45) is 0 Å². The number of nitrogens with one attached hydrogen (secondary N) is 1. The monoisotopic (exact) mass is 536 g/mol. The molecule has 158 valence electrons. The summed E-state index contributed by atoms with van der Waals surface area (Å²) in [5.41, 5.74) is 5.60. The maximum absolute atomic E-state index is 10.7. The van der Waals surface area contributed by atoms with Crippen molar-refractivity contribution in [1.82, 2.24) is 24.8 Å². The standard InChI is InChI=1S/C7H4BrN3O2.C4H5N3O2.C3H5BrO2.CH4/c8-4-1-9-6-5(7(12)13)2-10-11(6)3-4;5-3-2(4(8)9)1-6-7-3;1-6-3(4)2-5;/h1-3H,(H,12,13);1H,(H,8,9)(H3,5,6,7);2-3H,1H3;1H4. The van der Waals surface area contributed by atoms with Crippen LogP contribution < -0.4 is 5.73 Å². The molecule has 0 radical (unpaired) electrons. The Morgan fingerprint density at radius 3 is 2.28 bits per heavy atom. The minimum absolute atomic E-state index is 0. The number of nitrogen functional groups attached to an aromatic ring is 1. The average Bonchev–Trinajstić information content (AvgIpc) is 3.27. The molecule has 0 saturated heterocycles. The molecule has 1 unspecified atom stereocenters.